The zero-order valence-electron chi connectivity index (χ0n) is 34.8. The number of rotatable bonds is 9. The van der Waals surface area contributed by atoms with Gasteiger partial charge in [0.05, 0.1) is 29.9 Å². The molecule has 0 aromatic heterocycles. The van der Waals surface area contributed by atoms with Crippen molar-refractivity contribution in [2.75, 3.05) is 9.80 Å². The highest BCUT2D eigenvalue weighted by Crippen LogP contribution is 2.52. The minimum Gasteiger partial charge on any atom is -0.357 e. The van der Waals surface area contributed by atoms with Crippen LogP contribution in [0.2, 0.25) is 0 Å². The van der Waals surface area contributed by atoms with Crippen LogP contribution in [0.25, 0.3) is 22.4 Å². The van der Waals surface area contributed by atoms with Gasteiger partial charge in [-0.05, 0) is 82.5 Å². The number of allylic oxidation sites excluding steroid dienone is 8. The van der Waals surface area contributed by atoms with Crippen LogP contribution >= 0.6 is 0 Å². The van der Waals surface area contributed by atoms with Gasteiger partial charge in [-0.15, -0.1) is 0 Å². The average molecular weight is 803 g/mol. The summed E-state index contributed by atoms with van der Waals surface area (Å²) in [6.07, 6.45) is 37.6. The number of anilines is 2. The number of para-hydroxylation sites is 1. The molecular weight excluding hydrogens is 753 g/mol. The summed E-state index contributed by atoms with van der Waals surface area (Å²) in [4.78, 5) is 10.4. The lowest BCUT2D eigenvalue weighted by Crippen LogP contribution is -2.40. The van der Waals surface area contributed by atoms with Gasteiger partial charge < -0.3 is 15.5 Å². The van der Waals surface area contributed by atoms with Crippen molar-refractivity contribution in [3.8, 4) is 11.1 Å². The molecule has 62 heavy (non-hydrogen) atoms. The Bertz CT molecular complexity index is 2830. The summed E-state index contributed by atoms with van der Waals surface area (Å²) < 4.78 is 0. The van der Waals surface area contributed by atoms with Crippen molar-refractivity contribution in [3.63, 3.8) is 0 Å². The molecule has 0 saturated heterocycles. The van der Waals surface area contributed by atoms with Gasteiger partial charge in [0.15, 0.2) is 0 Å². The van der Waals surface area contributed by atoms with Gasteiger partial charge in [-0.3, -0.25) is 4.99 Å². The highest BCUT2D eigenvalue weighted by molar-refractivity contribution is 5.94. The van der Waals surface area contributed by atoms with Crippen molar-refractivity contribution in [1.29, 1.82) is 0 Å². The molecular formula is C58H50N4. The summed E-state index contributed by atoms with van der Waals surface area (Å²) in [5, 5.41) is 0. The highest BCUT2D eigenvalue weighted by Gasteiger charge is 2.42. The summed E-state index contributed by atoms with van der Waals surface area (Å²) in [7, 11) is 0. The van der Waals surface area contributed by atoms with Crippen LogP contribution in [0.3, 0.4) is 0 Å². The molecule has 5 aromatic rings. The van der Waals surface area contributed by atoms with Gasteiger partial charge in [0, 0.05) is 46.2 Å². The Hall–Kier alpha value is -7.01. The van der Waals surface area contributed by atoms with Crippen molar-refractivity contribution in [2.24, 2.45) is 16.6 Å². The molecule has 2 aliphatic heterocycles. The van der Waals surface area contributed by atoms with E-state index >= 15 is 0 Å². The second kappa shape index (κ2) is 16.5. The molecule has 4 heteroatoms. The number of fused-ring (bicyclic) bond motifs is 5. The molecule has 0 saturated carbocycles. The van der Waals surface area contributed by atoms with Gasteiger partial charge in [-0.2, -0.15) is 0 Å². The Kier molecular flexibility index (Phi) is 10.1. The lowest BCUT2D eigenvalue weighted by Gasteiger charge is -2.36. The van der Waals surface area contributed by atoms with Crippen molar-refractivity contribution in [3.05, 3.63) is 252 Å². The predicted molar refractivity (Wildman–Crippen MR) is 260 cm³/mol. The normalized spacial score (nSPS) is 23.7. The second-order valence-electron chi connectivity index (χ2n) is 17.0. The zero-order chi connectivity index (χ0) is 41.4. The van der Waals surface area contributed by atoms with E-state index in [4.69, 9.17) is 10.7 Å². The number of hydrogen-bond acceptors (Lipinski definition) is 4. The van der Waals surface area contributed by atoms with Gasteiger partial charge in [0.1, 0.15) is 0 Å². The van der Waals surface area contributed by atoms with E-state index in [2.05, 4.69) is 198 Å². The minimum absolute atomic E-state index is 0.185. The number of benzene rings is 5. The van der Waals surface area contributed by atoms with E-state index < -0.39 is 0 Å². The minimum atomic E-state index is -0.281. The summed E-state index contributed by atoms with van der Waals surface area (Å²) in [6.45, 7) is 0. The Balaban J connectivity index is 0.925. The van der Waals surface area contributed by atoms with Crippen LogP contribution < -0.4 is 15.5 Å². The SMILES string of the molecule is NC(/C=C(\N=C\c1ccccc1C1=CC2C3=C(C=CCC3)N(c3cccc(-c4cccc5c4N(C4C=CC=CC4)C4C=CC=CC54)c3)C2C=C1)c1ccccc1)c1ccccc1. The van der Waals surface area contributed by atoms with E-state index in [-0.39, 0.29) is 18.0 Å². The zero-order valence-corrected chi connectivity index (χ0v) is 34.8. The Morgan fingerprint density at radius 2 is 1.48 bits per heavy atom. The molecule has 6 aliphatic rings. The maximum Gasteiger partial charge on any atom is 0.0681 e. The van der Waals surface area contributed by atoms with Crippen molar-refractivity contribution in [2.45, 2.75) is 49.3 Å². The molecule has 0 fully saturated rings. The third-order valence-electron chi connectivity index (χ3n) is 13.4. The van der Waals surface area contributed by atoms with E-state index in [0.717, 1.165) is 41.6 Å². The molecule has 302 valence electrons. The fraction of sp³-hybridized carbons (Fsp3) is 0.155. The monoisotopic (exact) mass is 802 g/mol. The molecule has 4 aliphatic carbocycles. The smallest absolute Gasteiger partial charge is 0.0681 e. The van der Waals surface area contributed by atoms with Gasteiger partial charge in [-0.25, -0.2) is 0 Å². The van der Waals surface area contributed by atoms with Crippen molar-refractivity contribution in [1.82, 2.24) is 0 Å². The first-order chi connectivity index (χ1) is 30.7. The Labute approximate surface area is 365 Å². The lowest BCUT2D eigenvalue weighted by molar-refractivity contribution is 0.614. The predicted octanol–water partition coefficient (Wildman–Crippen LogP) is 12.9. The third-order valence-corrected chi connectivity index (χ3v) is 13.4. The number of nitrogens with zero attached hydrogens (tertiary/aromatic N) is 3. The molecule has 5 aromatic carbocycles. The van der Waals surface area contributed by atoms with E-state index in [1.165, 1.54) is 50.5 Å². The summed E-state index contributed by atoms with van der Waals surface area (Å²) in [6, 6.07) is 46.0. The largest absolute Gasteiger partial charge is 0.357 e. The van der Waals surface area contributed by atoms with Crippen molar-refractivity contribution >= 4 is 28.9 Å². The molecule has 0 amide bonds. The summed E-state index contributed by atoms with van der Waals surface area (Å²) in [5.74, 6) is 0.610. The standard InChI is InChI=1S/C58H50N4/c59-53(40-18-4-1-5-19-40)38-54(41-20-6-2-7-21-41)60-39-44-22-10-11-27-47(44)43-34-35-57-52(37-43)50-29-13-14-32-55(50)61(57)46-26-16-23-42(36-46)48-30-17-31-51-49-28-12-15-33-56(49)62(58(48)51)45-24-8-3-9-25-45/h1-12,14-24,26-28,30-39,45,49,52-53,56-57H,13,25,29,59H2/b54-38-,60-39+. The van der Waals surface area contributed by atoms with E-state index in [9.17, 15) is 0 Å². The first kappa shape index (κ1) is 38.0. The molecule has 2 heterocycles. The maximum atomic E-state index is 6.73. The quantitative estimate of drug-likeness (QED) is 0.151. The van der Waals surface area contributed by atoms with E-state index in [1.54, 1.807) is 0 Å². The van der Waals surface area contributed by atoms with Crippen LogP contribution in [0.1, 0.15) is 59.0 Å². The van der Waals surface area contributed by atoms with Gasteiger partial charge in [0.2, 0.25) is 0 Å². The van der Waals surface area contributed by atoms with E-state index in [0.29, 0.717) is 18.0 Å². The first-order valence-electron chi connectivity index (χ1n) is 22.2. The molecule has 0 bridgehead atoms. The maximum absolute atomic E-state index is 6.73. The third kappa shape index (κ3) is 6.91. The molecule has 11 rings (SSSR count). The van der Waals surface area contributed by atoms with Crippen molar-refractivity contribution < 1.29 is 0 Å². The molecule has 0 spiro atoms. The molecule has 6 unspecified atom stereocenters. The lowest BCUT2D eigenvalue weighted by atomic mass is 9.82. The van der Waals surface area contributed by atoms with Crippen LogP contribution in [0, 0.1) is 5.92 Å². The molecule has 4 nitrogen and oxygen atoms in total. The Morgan fingerprint density at radius 3 is 2.35 bits per heavy atom. The second-order valence-corrected chi connectivity index (χ2v) is 17.0. The van der Waals surface area contributed by atoms with Gasteiger partial charge in [0.25, 0.3) is 0 Å². The Morgan fingerprint density at radius 1 is 0.694 bits per heavy atom. The molecule has 0 radical (unpaired) electrons. The van der Waals surface area contributed by atoms with Crippen LogP contribution in [0.4, 0.5) is 11.4 Å². The summed E-state index contributed by atoms with van der Waals surface area (Å²) in [5.41, 5.74) is 22.6. The molecule has 2 N–H and O–H groups in total. The molecule has 6 atom stereocenters. The van der Waals surface area contributed by atoms with Crippen LogP contribution in [-0.4, -0.2) is 24.3 Å². The van der Waals surface area contributed by atoms with Gasteiger partial charge in [-0.1, -0.05) is 188 Å². The van der Waals surface area contributed by atoms with Crippen LogP contribution in [0.15, 0.2) is 229 Å². The number of nitrogens with two attached hydrogens (primary N) is 1. The van der Waals surface area contributed by atoms with E-state index in [1.807, 2.05) is 30.5 Å². The highest BCUT2D eigenvalue weighted by atomic mass is 15.2. The topological polar surface area (TPSA) is 44.9 Å². The fourth-order valence-corrected chi connectivity index (χ4v) is 10.5. The first-order valence-corrected chi connectivity index (χ1v) is 22.2. The average Bonchev–Trinajstić information content (AvgIpc) is 3.86. The number of hydrogen-bond donors (Lipinski definition) is 1. The number of aliphatic imine (C=N–C) groups is 1. The fourth-order valence-electron chi connectivity index (χ4n) is 10.5. The van der Waals surface area contributed by atoms with Crippen LogP contribution in [0.5, 0.6) is 0 Å². The van der Waals surface area contributed by atoms with Crippen LogP contribution in [-0.2, 0) is 0 Å². The van der Waals surface area contributed by atoms with Gasteiger partial charge >= 0.3 is 0 Å². The summed E-state index contributed by atoms with van der Waals surface area (Å²) >= 11 is 0.